The van der Waals surface area contributed by atoms with Gasteiger partial charge in [0.2, 0.25) is 11.8 Å². The number of halogens is 1. The standard InChI is InChI=1S/C30H25FN2O5/c31-20-9-11-21(12-10-20)32-25(34)16-38-30(37)18-7-4-8-22(13-18)33-28(35)26-19-14-23(17-5-2-1-3-6-17)24(15-19)27(26)29(33)36/h1-13,19,23-24,26-27H,14-16H2,(H,32,34)/t19-,23-,24+,26+,27-/m0/s1. The minimum atomic E-state index is -0.760. The SMILES string of the molecule is O=C(COC(=O)c1cccc(N2C(=O)[C@@H]3[C@@H]4C[C@@H]([C@@H]3C2=O)[C@H](c2ccccc2)C4)c1)Nc1ccc(F)cc1. The van der Waals surface area contributed by atoms with Gasteiger partial charge in [-0.2, -0.15) is 0 Å². The number of carbonyl (C=O) groups is 4. The third-order valence-electron chi connectivity index (χ3n) is 8.05. The molecule has 0 radical (unpaired) electrons. The van der Waals surface area contributed by atoms with Crippen molar-refractivity contribution in [3.05, 3.63) is 95.8 Å². The van der Waals surface area contributed by atoms with Crippen molar-refractivity contribution in [2.24, 2.45) is 23.7 Å². The molecule has 2 aliphatic carbocycles. The number of nitrogens with zero attached hydrogens (tertiary/aromatic N) is 1. The van der Waals surface area contributed by atoms with Crippen LogP contribution in [0.5, 0.6) is 0 Å². The molecule has 3 aromatic rings. The second-order valence-electron chi connectivity index (χ2n) is 10.2. The molecule has 38 heavy (non-hydrogen) atoms. The number of benzene rings is 3. The van der Waals surface area contributed by atoms with Gasteiger partial charge in [-0.3, -0.25) is 19.3 Å². The maximum atomic E-state index is 13.6. The van der Waals surface area contributed by atoms with Crippen molar-refractivity contribution in [3.63, 3.8) is 0 Å². The number of nitrogens with one attached hydrogen (secondary N) is 1. The molecule has 0 spiro atoms. The summed E-state index contributed by atoms with van der Waals surface area (Å²) in [7, 11) is 0. The summed E-state index contributed by atoms with van der Waals surface area (Å²) in [4.78, 5) is 53.0. The molecule has 1 aliphatic heterocycles. The first-order chi connectivity index (χ1) is 18.4. The van der Waals surface area contributed by atoms with E-state index in [9.17, 15) is 23.6 Å². The van der Waals surface area contributed by atoms with Crippen LogP contribution in [-0.2, 0) is 19.1 Å². The largest absolute Gasteiger partial charge is 0.452 e. The predicted octanol–water partition coefficient (Wildman–Crippen LogP) is 4.55. The topological polar surface area (TPSA) is 92.8 Å². The van der Waals surface area contributed by atoms with Crippen LogP contribution in [0.2, 0.25) is 0 Å². The van der Waals surface area contributed by atoms with E-state index >= 15 is 0 Å². The number of ether oxygens (including phenoxy) is 1. The van der Waals surface area contributed by atoms with Gasteiger partial charge in [0.25, 0.3) is 5.91 Å². The Morgan fingerprint density at radius 2 is 1.63 bits per heavy atom. The van der Waals surface area contributed by atoms with E-state index in [1.54, 1.807) is 12.1 Å². The van der Waals surface area contributed by atoms with E-state index in [1.807, 2.05) is 18.2 Å². The summed E-state index contributed by atoms with van der Waals surface area (Å²) in [6.45, 7) is -0.545. The van der Waals surface area contributed by atoms with E-state index in [4.69, 9.17) is 4.74 Å². The third kappa shape index (κ3) is 4.16. The summed E-state index contributed by atoms with van der Waals surface area (Å²) < 4.78 is 18.2. The zero-order valence-corrected chi connectivity index (χ0v) is 20.4. The van der Waals surface area contributed by atoms with Crippen molar-refractivity contribution >= 4 is 35.1 Å². The summed E-state index contributed by atoms with van der Waals surface area (Å²) in [6, 6.07) is 21.5. The van der Waals surface area contributed by atoms with Gasteiger partial charge in [-0.15, -0.1) is 0 Å². The highest BCUT2D eigenvalue weighted by atomic mass is 19.1. The maximum Gasteiger partial charge on any atom is 0.338 e. The molecule has 2 saturated carbocycles. The number of anilines is 2. The normalized spacial score (nSPS) is 25.4. The fourth-order valence-corrected chi connectivity index (χ4v) is 6.51. The third-order valence-corrected chi connectivity index (χ3v) is 8.05. The molecule has 3 amide bonds. The molecule has 192 valence electrons. The van der Waals surface area contributed by atoms with Gasteiger partial charge in [0.1, 0.15) is 5.82 Å². The lowest BCUT2D eigenvalue weighted by atomic mass is 9.73. The first kappa shape index (κ1) is 24.0. The van der Waals surface area contributed by atoms with Crippen LogP contribution >= 0.6 is 0 Å². The van der Waals surface area contributed by atoms with Gasteiger partial charge in [0, 0.05) is 5.69 Å². The predicted molar refractivity (Wildman–Crippen MR) is 137 cm³/mol. The smallest absolute Gasteiger partial charge is 0.338 e. The first-order valence-electron chi connectivity index (χ1n) is 12.7. The average molecular weight is 513 g/mol. The number of hydrogen-bond acceptors (Lipinski definition) is 5. The van der Waals surface area contributed by atoms with Crippen molar-refractivity contribution in [1.29, 1.82) is 0 Å². The molecule has 3 fully saturated rings. The van der Waals surface area contributed by atoms with Gasteiger partial charge in [-0.1, -0.05) is 36.4 Å². The highest BCUT2D eigenvalue weighted by Crippen LogP contribution is 2.61. The number of fused-ring (bicyclic) bond motifs is 5. The van der Waals surface area contributed by atoms with Crippen LogP contribution in [0.4, 0.5) is 15.8 Å². The summed E-state index contributed by atoms with van der Waals surface area (Å²) in [5, 5.41) is 2.52. The average Bonchev–Trinajstić information content (AvgIpc) is 3.60. The zero-order chi connectivity index (χ0) is 26.4. The molecule has 7 nitrogen and oxygen atoms in total. The molecule has 3 aliphatic rings. The van der Waals surface area contributed by atoms with Gasteiger partial charge in [0.15, 0.2) is 6.61 Å². The van der Waals surface area contributed by atoms with Gasteiger partial charge < -0.3 is 10.1 Å². The molecule has 1 N–H and O–H groups in total. The Labute approximate surface area is 218 Å². The Morgan fingerprint density at radius 1 is 0.895 bits per heavy atom. The van der Waals surface area contributed by atoms with Crippen LogP contribution in [0, 0.1) is 29.5 Å². The minimum Gasteiger partial charge on any atom is -0.452 e. The van der Waals surface area contributed by atoms with Crippen LogP contribution < -0.4 is 10.2 Å². The van der Waals surface area contributed by atoms with Crippen LogP contribution in [0.1, 0.15) is 34.7 Å². The minimum absolute atomic E-state index is 0.125. The molecule has 0 unspecified atom stereocenters. The second-order valence-corrected chi connectivity index (χ2v) is 10.2. The molecule has 2 bridgehead atoms. The Morgan fingerprint density at radius 3 is 2.39 bits per heavy atom. The Bertz CT molecular complexity index is 1420. The van der Waals surface area contributed by atoms with E-state index in [0.717, 1.165) is 12.8 Å². The molecular formula is C30H25FN2O5. The monoisotopic (exact) mass is 512 g/mol. The quantitative estimate of drug-likeness (QED) is 0.386. The summed E-state index contributed by atoms with van der Waals surface area (Å²) in [6.07, 6.45) is 1.78. The van der Waals surface area contributed by atoms with Crippen molar-refractivity contribution in [2.75, 3.05) is 16.8 Å². The van der Waals surface area contributed by atoms with Crippen LogP contribution in [-0.4, -0.2) is 30.3 Å². The number of hydrogen-bond donors (Lipinski definition) is 1. The number of esters is 1. The number of carbonyl (C=O) groups excluding carboxylic acids is 4. The molecule has 1 saturated heterocycles. The van der Waals surface area contributed by atoms with E-state index in [0.29, 0.717) is 11.4 Å². The number of amides is 3. The van der Waals surface area contributed by atoms with Gasteiger partial charge in [-0.05, 0) is 78.6 Å². The number of imide groups is 1. The molecule has 8 heteroatoms. The van der Waals surface area contributed by atoms with E-state index in [2.05, 4.69) is 17.4 Å². The number of rotatable bonds is 6. The lowest BCUT2D eigenvalue weighted by Gasteiger charge is -2.28. The Balaban J connectivity index is 1.14. The fraction of sp³-hybridized carbons (Fsp3) is 0.267. The van der Waals surface area contributed by atoms with E-state index < -0.39 is 24.3 Å². The lowest BCUT2D eigenvalue weighted by molar-refractivity contribution is -0.123. The van der Waals surface area contributed by atoms with Crippen molar-refractivity contribution in [1.82, 2.24) is 0 Å². The van der Waals surface area contributed by atoms with Gasteiger partial charge in [0.05, 0.1) is 23.1 Å². The van der Waals surface area contributed by atoms with Crippen molar-refractivity contribution < 1.29 is 28.3 Å². The van der Waals surface area contributed by atoms with Crippen LogP contribution in [0.25, 0.3) is 0 Å². The molecule has 6 rings (SSSR count). The van der Waals surface area contributed by atoms with Gasteiger partial charge in [-0.25, -0.2) is 9.18 Å². The highest BCUT2D eigenvalue weighted by molar-refractivity contribution is 6.23. The van der Waals surface area contributed by atoms with Crippen molar-refractivity contribution in [2.45, 2.75) is 18.8 Å². The van der Waals surface area contributed by atoms with Crippen LogP contribution in [0.3, 0.4) is 0 Å². The highest BCUT2D eigenvalue weighted by Gasteiger charge is 2.64. The van der Waals surface area contributed by atoms with Crippen LogP contribution in [0.15, 0.2) is 78.9 Å². The molecule has 1 heterocycles. The zero-order valence-electron chi connectivity index (χ0n) is 20.4. The second kappa shape index (κ2) is 9.52. The molecule has 3 aromatic carbocycles. The molecule has 5 atom stereocenters. The molecular weight excluding hydrogens is 487 g/mol. The summed E-state index contributed by atoms with van der Waals surface area (Å²) in [5.74, 6) is -2.30. The maximum absolute atomic E-state index is 13.6. The summed E-state index contributed by atoms with van der Waals surface area (Å²) >= 11 is 0. The molecule has 0 aromatic heterocycles. The van der Waals surface area contributed by atoms with E-state index in [-0.39, 0.29) is 47.0 Å². The fourth-order valence-electron chi connectivity index (χ4n) is 6.51. The Hall–Kier alpha value is -4.33. The lowest BCUT2D eigenvalue weighted by Crippen LogP contribution is -2.33. The van der Waals surface area contributed by atoms with E-state index in [1.165, 1.54) is 46.9 Å². The van der Waals surface area contributed by atoms with Gasteiger partial charge >= 0.3 is 5.97 Å². The van der Waals surface area contributed by atoms with Crippen molar-refractivity contribution in [3.8, 4) is 0 Å². The Kier molecular flexibility index (Phi) is 6.02. The first-order valence-corrected chi connectivity index (χ1v) is 12.7. The summed E-state index contributed by atoms with van der Waals surface area (Å²) in [5.41, 5.74) is 2.04.